The van der Waals surface area contributed by atoms with Crippen LogP contribution in [0.2, 0.25) is 0 Å². The van der Waals surface area contributed by atoms with Gasteiger partial charge in [0.05, 0.1) is 30.8 Å². The fourth-order valence-corrected chi connectivity index (χ4v) is 3.31. The lowest BCUT2D eigenvalue weighted by Gasteiger charge is -2.07. The van der Waals surface area contributed by atoms with Gasteiger partial charge >= 0.3 is 11.9 Å². The van der Waals surface area contributed by atoms with E-state index in [4.69, 9.17) is 13.9 Å². The molecule has 8 heteroatoms. The van der Waals surface area contributed by atoms with Crippen molar-refractivity contribution in [3.8, 4) is 0 Å². The van der Waals surface area contributed by atoms with Crippen molar-refractivity contribution in [3.05, 3.63) is 51.4 Å². The van der Waals surface area contributed by atoms with Gasteiger partial charge in [-0.05, 0) is 45.0 Å². The van der Waals surface area contributed by atoms with E-state index in [1.54, 1.807) is 17.7 Å². The molecule has 0 spiro atoms. The van der Waals surface area contributed by atoms with Crippen LogP contribution in [0.1, 0.15) is 40.9 Å². The molecule has 28 heavy (non-hydrogen) atoms. The number of esters is 2. The minimum atomic E-state index is -0.580. The number of aryl methyl sites for hydroxylation is 3. The van der Waals surface area contributed by atoms with E-state index in [0.29, 0.717) is 23.1 Å². The minimum absolute atomic E-state index is 0.0568. The molecule has 1 aromatic carbocycles. The number of aromatic nitrogens is 2. The summed E-state index contributed by atoms with van der Waals surface area (Å²) in [6, 6.07) is 7.33. The molecule has 0 saturated carbocycles. The van der Waals surface area contributed by atoms with Crippen LogP contribution in [-0.4, -0.2) is 28.3 Å². The molecular weight excluding hydrogens is 428 g/mol. The Morgan fingerprint density at radius 2 is 2.00 bits per heavy atom. The maximum atomic E-state index is 12.2. The number of nitrogens with zero attached hydrogens (tertiary/aromatic N) is 2. The maximum absolute atomic E-state index is 12.2. The number of rotatable bonds is 7. The first-order valence-corrected chi connectivity index (χ1v) is 9.73. The molecule has 0 radical (unpaired) electrons. The van der Waals surface area contributed by atoms with Crippen molar-refractivity contribution in [1.82, 2.24) is 9.78 Å². The van der Waals surface area contributed by atoms with Crippen LogP contribution < -0.4 is 0 Å². The molecule has 7 nitrogen and oxygen atoms in total. The predicted molar refractivity (Wildman–Crippen MR) is 106 cm³/mol. The van der Waals surface area contributed by atoms with E-state index in [-0.39, 0.29) is 31.4 Å². The molecule has 0 N–H and O–H groups in total. The molecule has 0 aliphatic rings. The number of fused-ring (bicyclic) bond motifs is 1. The molecule has 148 valence electrons. The summed E-state index contributed by atoms with van der Waals surface area (Å²) in [5, 5.41) is 5.03. The predicted octanol–water partition coefficient (Wildman–Crippen LogP) is 4.32. The van der Waals surface area contributed by atoms with Crippen molar-refractivity contribution in [3.63, 3.8) is 0 Å². The second kappa shape index (κ2) is 8.60. The molecule has 0 unspecified atom stereocenters. The largest absolute Gasteiger partial charge is 0.461 e. The second-order valence-electron chi connectivity index (χ2n) is 6.33. The number of hydrogen-bond donors (Lipinski definition) is 0. The summed E-state index contributed by atoms with van der Waals surface area (Å²) >= 11 is 3.41. The normalized spacial score (nSPS) is 11.0. The van der Waals surface area contributed by atoms with Gasteiger partial charge in [0.2, 0.25) is 5.76 Å². The van der Waals surface area contributed by atoms with Gasteiger partial charge in [0, 0.05) is 15.6 Å². The lowest BCUT2D eigenvalue weighted by molar-refractivity contribution is -0.145. The Labute approximate surface area is 170 Å². The van der Waals surface area contributed by atoms with Crippen LogP contribution in [0.25, 0.3) is 11.0 Å². The van der Waals surface area contributed by atoms with Crippen molar-refractivity contribution >= 4 is 38.8 Å². The summed E-state index contributed by atoms with van der Waals surface area (Å²) in [6.07, 6.45) is 0.177. The molecule has 0 fully saturated rings. The van der Waals surface area contributed by atoms with E-state index in [1.165, 1.54) is 0 Å². The van der Waals surface area contributed by atoms with Gasteiger partial charge in [-0.15, -0.1) is 0 Å². The smallest absolute Gasteiger partial charge is 0.374 e. The molecule has 0 atom stereocenters. The lowest BCUT2D eigenvalue weighted by atomic mass is 10.1. The Kier molecular flexibility index (Phi) is 6.18. The first kappa shape index (κ1) is 20.1. The van der Waals surface area contributed by atoms with Gasteiger partial charge in [0.25, 0.3) is 0 Å². The fraction of sp³-hybridized carbons (Fsp3) is 0.350. The molecule has 0 saturated heterocycles. The average molecular weight is 449 g/mol. The third-order valence-electron chi connectivity index (χ3n) is 4.22. The second-order valence-corrected chi connectivity index (χ2v) is 7.25. The zero-order valence-corrected chi connectivity index (χ0v) is 17.5. The van der Waals surface area contributed by atoms with Crippen LogP contribution >= 0.6 is 15.9 Å². The van der Waals surface area contributed by atoms with Gasteiger partial charge < -0.3 is 13.9 Å². The van der Waals surface area contributed by atoms with E-state index >= 15 is 0 Å². The molecule has 3 rings (SSSR count). The average Bonchev–Trinajstić information content (AvgIpc) is 3.17. The first-order valence-electron chi connectivity index (χ1n) is 8.93. The molecule has 0 bridgehead atoms. The van der Waals surface area contributed by atoms with Crippen molar-refractivity contribution in [2.24, 2.45) is 0 Å². The zero-order chi connectivity index (χ0) is 20.3. The Balaban J connectivity index is 1.74. The monoisotopic (exact) mass is 448 g/mol. The summed E-state index contributed by atoms with van der Waals surface area (Å²) in [5.74, 6) is -0.906. The Bertz CT molecular complexity index is 1020. The number of ether oxygens (including phenoxy) is 2. The Morgan fingerprint density at radius 1 is 1.21 bits per heavy atom. The van der Waals surface area contributed by atoms with Crippen molar-refractivity contribution in [2.45, 2.75) is 40.3 Å². The highest BCUT2D eigenvalue weighted by molar-refractivity contribution is 9.10. The zero-order valence-electron chi connectivity index (χ0n) is 16.0. The molecule has 2 heterocycles. The summed E-state index contributed by atoms with van der Waals surface area (Å²) in [7, 11) is 0. The standard InChI is InChI=1S/C20H21BrN2O5/c1-4-26-20(25)19-16(15-10-14(21)5-6-17(15)28-19)11-27-18(24)7-8-23-13(3)9-12(2)22-23/h5-6,9-10H,4,7-8,11H2,1-3H3. The van der Waals surface area contributed by atoms with E-state index in [1.807, 2.05) is 32.0 Å². The van der Waals surface area contributed by atoms with Crippen LogP contribution in [0.4, 0.5) is 0 Å². The van der Waals surface area contributed by atoms with E-state index in [0.717, 1.165) is 15.9 Å². The van der Waals surface area contributed by atoms with E-state index in [2.05, 4.69) is 21.0 Å². The van der Waals surface area contributed by atoms with Gasteiger partial charge in [0.15, 0.2) is 0 Å². The topological polar surface area (TPSA) is 83.6 Å². The lowest BCUT2D eigenvalue weighted by Crippen LogP contribution is -2.12. The molecule has 0 aliphatic heterocycles. The van der Waals surface area contributed by atoms with Crippen LogP contribution in [-0.2, 0) is 27.4 Å². The maximum Gasteiger partial charge on any atom is 0.374 e. The summed E-state index contributed by atoms with van der Waals surface area (Å²) in [6.45, 7) is 6.14. The molecular formula is C20H21BrN2O5. The summed E-state index contributed by atoms with van der Waals surface area (Å²) < 4.78 is 18.7. The molecule has 3 aromatic rings. The highest BCUT2D eigenvalue weighted by atomic mass is 79.9. The van der Waals surface area contributed by atoms with E-state index < -0.39 is 5.97 Å². The van der Waals surface area contributed by atoms with Crippen LogP contribution in [0.3, 0.4) is 0 Å². The van der Waals surface area contributed by atoms with Crippen molar-refractivity contribution < 1.29 is 23.5 Å². The number of benzene rings is 1. The van der Waals surface area contributed by atoms with Crippen molar-refractivity contribution in [2.75, 3.05) is 6.61 Å². The fourth-order valence-electron chi connectivity index (χ4n) is 2.95. The third-order valence-corrected chi connectivity index (χ3v) is 4.72. The van der Waals surface area contributed by atoms with Crippen LogP contribution in [0, 0.1) is 13.8 Å². The molecule has 2 aromatic heterocycles. The SMILES string of the molecule is CCOC(=O)c1oc2ccc(Br)cc2c1COC(=O)CCn1nc(C)cc1C. The highest BCUT2D eigenvalue weighted by Crippen LogP contribution is 2.30. The number of halogens is 1. The quantitative estimate of drug-likeness (QED) is 0.500. The Hall–Kier alpha value is -2.61. The van der Waals surface area contributed by atoms with Gasteiger partial charge in [-0.1, -0.05) is 15.9 Å². The van der Waals surface area contributed by atoms with Gasteiger partial charge in [-0.3, -0.25) is 9.48 Å². The van der Waals surface area contributed by atoms with Crippen LogP contribution in [0.15, 0.2) is 33.2 Å². The van der Waals surface area contributed by atoms with Gasteiger partial charge in [-0.2, -0.15) is 5.10 Å². The van der Waals surface area contributed by atoms with Gasteiger partial charge in [0.1, 0.15) is 12.2 Å². The first-order chi connectivity index (χ1) is 13.4. The number of carbonyl (C=O) groups is 2. The van der Waals surface area contributed by atoms with Crippen LogP contribution in [0.5, 0.6) is 0 Å². The highest BCUT2D eigenvalue weighted by Gasteiger charge is 2.23. The molecule has 0 amide bonds. The number of furan rings is 1. The Morgan fingerprint density at radius 3 is 2.68 bits per heavy atom. The van der Waals surface area contributed by atoms with Crippen molar-refractivity contribution in [1.29, 1.82) is 0 Å². The van der Waals surface area contributed by atoms with Gasteiger partial charge in [-0.25, -0.2) is 4.79 Å². The third kappa shape index (κ3) is 4.44. The molecule has 0 aliphatic carbocycles. The summed E-state index contributed by atoms with van der Waals surface area (Å²) in [4.78, 5) is 24.5. The number of hydrogen-bond acceptors (Lipinski definition) is 6. The summed E-state index contributed by atoms with van der Waals surface area (Å²) in [5.41, 5.74) is 2.91. The number of carbonyl (C=O) groups excluding carboxylic acids is 2. The minimum Gasteiger partial charge on any atom is -0.461 e. The van der Waals surface area contributed by atoms with E-state index in [9.17, 15) is 9.59 Å².